The van der Waals surface area contributed by atoms with Crippen molar-refractivity contribution in [3.63, 3.8) is 0 Å². The van der Waals surface area contributed by atoms with E-state index in [-0.39, 0.29) is 11.9 Å². The largest absolute Gasteiger partial charge is 0.308 e. The summed E-state index contributed by atoms with van der Waals surface area (Å²) in [6.45, 7) is 3.07. The molecule has 1 N–H and O–H groups in total. The molecule has 1 aromatic heterocycles. The van der Waals surface area contributed by atoms with Gasteiger partial charge >= 0.3 is 0 Å². The number of halogens is 1. The number of aromatic nitrogens is 1. The number of hydrogen-bond donors (Lipinski definition) is 1. The van der Waals surface area contributed by atoms with E-state index in [0.29, 0.717) is 5.25 Å². The molecule has 94 valence electrons. The average Bonchev–Trinajstić information content (AvgIpc) is 2.38. The second-order valence-electron chi connectivity index (χ2n) is 4.10. The lowest BCUT2D eigenvalue weighted by Gasteiger charge is -2.23. The Morgan fingerprint density at radius 2 is 2.41 bits per heavy atom. The molecule has 0 aliphatic carbocycles. The molecule has 2 heterocycles. The summed E-state index contributed by atoms with van der Waals surface area (Å²) >= 11 is 4.07. The van der Waals surface area contributed by atoms with Crippen LogP contribution in [0.2, 0.25) is 0 Å². The fourth-order valence-electron chi connectivity index (χ4n) is 1.71. The van der Waals surface area contributed by atoms with Crippen LogP contribution in [0, 0.1) is 5.82 Å². The molecule has 0 aromatic carbocycles. The van der Waals surface area contributed by atoms with Crippen LogP contribution >= 0.6 is 23.5 Å². The summed E-state index contributed by atoms with van der Waals surface area (Å²) in [6.07, 6.45) is 1.28. The SMILES string of the molecule is CC(NCC1CSCCS1)c1ccc(F)cn1. The van der Waals surface area contributed by atoms with Crippen molar-refractivity contribution < 1.29 is 4.39 Å². The zero-order valence-corrected chi connectivity index (χ0v) is 11.5. The molecule has 2 nitrogen and oxygen atoms in total. The lowest BCUT2D eigenvalue weighted by atomic mass is 10.2. The van der Waals surface area contributed by atoms with Crippen molar-refractivity contribution in [1.29, 1.82) is 0 Å². The van der Waals surface area contributed by atoms with Gasteiger partial charge in [-0.25, -0.2) is 4.39 Å². The van der Waals surface area contributed by atoms with Crippen LogP contribution in [0.25, 0.3) is 0 Å². The molecule has 5 heteroatoms. The van der Waals surface area contributed by atoms with Crippen molar-refractivity contribution in [3.8, 4) is 0 Å². The van der Waals surface area contributed by atoms with Crippen LogP contribution in [0.3, 0.4) is 0 Å². The summed E-state index contributed by atoms with van der Waals surface area (Å²) < 4.78 is 12.7. The first-order valence-electron chi connectivity index (χ1n) is 5.80. The molecule has 1 aliphatic heterocycles. The fourth-order valence-corrected chi connectivity index (χ4v) is 4.34. The second-order valence-corrected chi connectivity index (χ2v) is 6.66. The van der Waals surface area contributed by atoms with Crippen LogP contribution in [0.5, 0.6) is 0 Å². The Balaban J connectivity index is 1.80. The van der Waals surface area contributed by atoms with Gasteiger partial charge in [-0.1, -0.05) is 0 Å². The van der Waals surface area contributed by atoms with Gasteiger partial charge in [-0.3, -0.25) is 4.98 Å². The third kappa shape index (κ3) is 4.16. The predicted octanol–water partition coefficient (Wildman–Crippen LogP) is 2.72. The topological polar surface area (TPSA) is 24.9 Å². The van der Waals surface area contributed by atoms with Gasteiger partial charge in [0.2, 0.25) is 0 Å². The Labute approximate surface area is 110 Å². The molecule has 17 heavy (non-hydrogen) atoms. The number of nitrogens with one attached hydrogen (secondary N) is 1. The zero-order valence-electron chi connectivity index (χ0n) is 9.86. The minimum Gasteiger partial charge on any atom is -0.308 e. The summed E-state index contributed by atoms with van der Waals surface area (Å²) in [5.74, 6) is 3.47. The minimum absolute atomic E-state index is 0.183. The average molecular weight is 272 g/mol. The molecule has 1 saturated heterocycles. The van der Waals surface area contributed by atoms with Crippen LogP contribution in [-0.4, -0.2) is 34.0 Å². The highest BCUT2D eigenvalue weighted by atomic mass is 32.2. The molecule has 1 fully saturated rings. The third-order valence-corrected chi connectivity index (χ3v) is 5.58. The van der Waals surface area contributed by atoms with Crippen molar-refractivity contribution in [2.45, 2.75) is 18.2 Å². The van der Waals surface area contributed by atoms with E-state index in [2.05, 4.69) is 17.2 Å². The third-order valence-electron chi connectivity index (χ3n) is 2.73. The van der Waals surface area contributed by atoms with Gasteiger partial charge in [0, 0.05) is 35.1 Å². The van der Waals surface area contributed by atoms with Crippen molar-refractivity contribution in [1.82, 2.24) is 10.3 Å². The van der Waals surface area contributed by atoms with E-state index in [0.717, 1.165) is 12.2 Å². The number of pyridine rings is 1. The molecule has 2 atom stereocenters. The van der Waals surface area contributed by atoms with Crippen molar-refractivity contribution >= 4 is 23.5 Å². The normalized spacial score (nSPS) is 22.4. The molecule has 0 spiro atoms. The molecular formula is C12H17FN2S2. The highest BCUT2D eigenvalue weighted by molar-refractivity contribution is 8.06. The quantitative estimate of drug-likeness (QED) is 0.911. The number of hydrogen-bond acceptors (Lipinski definition) is 4. The lowest BCUT2D eigenvalue weighted by Crippen LogP contribution is -2.31. The predicted molar refractivity (Wildman–Crippen MR) is 74.2 cm³/mol. The lowest BCUT2D eigenvalue weighted by molar-refractivity contribution is 0.557. The Hall–Kier alpha value is -0.260. The van der Waals surface area contributed by atoms with E-state index in [9.17, 15) is 4.39 Å². The number of nitrogens with zero attached hydrogens (tertiary/aromatic N) is 1. The molecule has 1 aromatic rings. The van der Waals surface area contributed by atoms with Gasteiger partial charge in [-0.05, 0) is 19.1 Å². The van der Waals surface area contributed by atoms with Gasteiger partial charge < -0.3 is 5.32 Å². The summed E-state index contributed by atoms with van der Waals surface area (Å²) in [5, 5.41) is 4.16. The van der Waals surface area contributed by atoms with Gasteiger partial charge in [0.15, 0.2) is 0 Å². The zero-order chi connectivity index (χ0) is 12.1. The monoisotopic (exact) mass is 272 g/mol. The van der Waals surface area contributed by atoms with Gasteiger partial charge in [-0.2, -0.15) is 23.5 Å². The highest BCUT2D eigenvalue weighted by Gasteiger charge is 2.15. The van der Waals surface area contributed by atoms with Crippen molar-refractivity contribution in [2.75, 3.05) is 23.8 Å². The van der Waals surface area contributed by atoms with Gasteiger partial charge in [0.25, 0.3) is 0 Å². The fraction of sp³-hybridized carbons (Fsp3) is 0.583. The maximum Gasteiger partial charge on any atom is 0.141 e. The Morgan fingerprint density at radius 1 is 1.53 bits per heavy atom. The number of rotatable bonds is 4. The van der Waals surface area contributed by atoms with Crippen LogP contribution in [0.15, 0.2) is 18.3 Å². The standard InChI is InChI=1S/C12H17FN2S2/c1-9(12-3-2-10(13)6-15-12)14-7-11-8-16-4-5-17-11/h2-3,6,9,11,14H,4-5,7-8H2,1H3. The summed E-state index contributed by atoms with van der Waals surface area (Å²) in [5.41, 5.74) is 0.903. The summed E-state index contributed by atoms with van der Waals surface area (Å²) in [6, 6.07) is 3.39. The van der Waals surface area contributed by atoms with Gasteiger partial charge in [-0.15, -0.1) is 0 Å². The second kappa shape index (κ2) is 6.61. The van der Waals surface area contributed by atoms with Crippen LogP contribution in [0.1, 0.15) is 18.7 Å². The maximum absolute atomic E-state index is 12.7. The maximum atomic E-state index is 12.7. The van der Waals surface area contributed by atoms with Crippen LogP contribution in [-0.2, 0) is 0 Å². The Bertz CT molecular complexity index is 339. The molecular weight excluding hydrogens is 255 g/mol. The molecule has 0 radical (unpaired) electrons. The molecule has 1 aliphatic rings. The molecule has 0 bridgehead atoms. The molecule has 2 rings (SSSR count). The first-order chi connectivity index (χ1) is 8.25. The Morgan fingerprint density at radius 3 is 3.06 bits per heavy atom. The molecule has 2 unspecified atom stereocenters. The summed E-state index contributed by atoms with van der Waals surface area (Å²) in [4.78, 5) is 4.09. The van der Waals surface area contributed by atoms with E-state index < -0.39 is 0 Å². The van der Waals surface area contributed by atoms with Gasteiger partial charge in [0.05, 0.1) is 11.9 Å². The minimum atomic E-state index is -0.278. The van der Waals surface area contributed by atoms with E-state index in [1.165, 1.54) is 29.5 Å². The smallest absolute Gasteiger partial charge is 0.141 e. The first-order valence-corrected chi connectivity index (χ1v) is 8.00. The first kappa shape index (κ1) is 13.2. The van der Waals surface area contributed by atoms with Crippen molar-refractivity contribution in [2.24, 2.45) is 0 Å². The Kier molecular flexibility index (Phi) is 5.13. The van der Waals surface area contributed by atoms with E-state index in [1.54, 1.807) is 6.07 Å². The van der Waals surface area contributed by atoms with Crippen LogP contribution in [0.4, 0.5) is 4.39 Å². The van der Waals surface area contributed by atoms with Crippen molar-refractivity contribution in [3.05, 3.63) is 29.8 Å². The summed E-state index contributed by atoms with van der Waals surface area (Å²) in [7, 11) is 0. The van der Waals surface area contributed by atoms with E-state index in [1.807, 2.05) is 23.5 Å². The molecule has 0 amide bonds. The van der Waals surface area contributed by atoms with E-state index >= 15 is 0 Å². The van der Waals surface area contributed by atoms with Crippen LogP contribution < -0.4 is 5.32 Å². The highest BCUT2D eigenvalue weighted by Crippen LogP contribution is 2.23. The molecule has 0 saturated carbocycles. The van der Waals surface area contributed by atoms with Gasteiger partial charge in [0.1, 0.15) is 5.82 Å². The number of thioether (sulfide) groups is 2. The van der Waals surface area contributed by atoms with E-state index in [4.69, 9.17) is 0 Å².